The molecule has 1 amide bonds. The van der Waals surface area contributed by atoms with E-state index in [0.29, 0.717) is 6.54 Å². The molecule has 0 aliphatic carbocycles. The zero-order valence-electron chi connectivity index (χ0n) is 9.54. The molecule has 3 nitrogen and oxygen atoms in total. The molecule has 0 spiro atoms. The fourth-order valence-electron chi connectivity index (χ4n) is 2.08. The normalized spacial score (nSPS) is 20.8. The Kier molecular flexibility index (Phi) is 3.98. The molecule has 1 heterocycles. The first kappa shape index (κ1) is 12.8. The van der Waals surface area contributed by atoms with Crippen LogP contribution in [-0.2, 0) is 4.79 Å². The van der Waals surface area contributed by atoms with Crippen molar-refractivity contribution in [1.29, 1.82) is 0 Å². The molecule has 2 rings (SSSR count). The van der Waals surface area contributed by atoms with Crippen LogP contribution in [0.2, 0.25) is 0 Å². The van der Waals surface area contributed by atoms with Gasteiger partial charge in [0.1, 0.15) is 5.82 Å². The van der Waals surface area contributed by atoms with Gasteiger partial charge in [0.2, 0.25) is 5.91 Å². The summed E-state index contributed by atoms with van der Waals surface area (Å²) in [6, 6.07) is 4.40. The van der Waals surface area contributed by atoms with Crippen LogP contribution in [0, 0.1) is 9.39 Å². The fourth-order valence-corrected chi connectivity index (χ4v) is 2.85. The first-order chi connectivity index (χ1) is 8.13. The van der Waals surface area contributed by atoms with Crippen molar-refractivity contribution in [3.63, 3.8) is 0 Å². The van der Waals surface area contributed by atoms with E-state index in [4.69, 9.17) is 0 Å². The minimum atomic E-state index is -0.271. The van der Waals surface area contributed by atoms with Crippen LogP contribution in [0.25, 0.3) is 0 Å². The minimum absolute atomic E-state index is 0.0725. The van der Waals surface area contributed by atoms with E-state index in [0.717, 1.165) is 22.1 Å². The zero-order valence-corrected chi connectivity index (χ0v) is 11.7. The van der Waals surface area contributed by atoms with Gasteiger partial charge in [-0.25, -0.2) is 4.39 Å². The number of carbonyl (C=O) groups is 1. The molecule has 0 saturated carbocycles. The maximum Gasteiger partial charge on any atom is 0.244 e. The molecule has 1 N–H and O–H groups in total. The molecule has 17 heavy (non-hydrogen) atoms. The molecule has 1 saturated heterocycles. The van der Waals surface area contributed by atoms with Crippen LogP contribution in [0.1, 0.15) is 12.8 Å². The van der Waals surface area contributed by atoms with E-state index in [1.54, 1.807) is 18.0 Å². The number of hydrogen-bond donors (Lipinski definition) is 1. The van der Waals surface area contributed by atoms with Crippen molar-refractivity contribution in [3.05, 3.63) is 27.6 Å². The lowest BCUT2D eigenvalue weighted by molar-refractivity contribution is -0.121. The number of nitrogens with zero attached hydrogens (tertiary/aromatic N) is 1. The largest absolute Gasteiger partial charge is 0.310 e. The van der Waals surface area contributed by atoms with E-state index in [2.05, 4.69) is 27.9 Å². The van der Waals surface area contributed by atoms with E-state index in [1.165, 1.54) is 12.1 Å². The molecule has 0 radical (unpaired) electrons. The molecule has 1 unspecified atom stereocenters. The van der Waals surface area contributed by atoms with Crippen molar-refractivity contribution in [2.24, 2.45) is 0 Å². The first-order valence-corrected chi connectivity index (χ1v) is 6.65. The summed E-state index contributed by atoms with van der Waals surface area (Å²) in [5.41, 5.74) is 0.803. The highest BCUT2D eigenvalue weighted by atomic mass is 127. The van der Waals surface area contributed by atoms with Crippen LogP contribution < -0.4 is 10.2 Å². The van der Waals surface area contributed by atoms with Crippen LogP contribution in [-0.4, -0.2) is 25.5 Å². The van der Waals surface area contributed by atoms with Gasteiger partial charge in [0.25, 0.3) is 0 Å². The molecule has 1 fully saturated rings. The second-order valence-electron chi connectivity index (χ2n) is 4.07. The van der Waals surface area contributed by atoms with Crippen LogP contribution >= 0.6 is 22.6 Å². The van der Waals surface area contributed by atoms with Crippen LogP contribution in [0.5, 0.6) is 0 Å². The van der Waals surface area contributed by atoms with Gasteiger partial charge in [0, 0.05) is 10.1 Å². The minimum Gasteiger partial charge on any atom is -0.310 e. The Morgan fingerprint density at radius 3 is 2.94 bits per heavy atom. The molecule has 0 bridgehead atoms. The highest BCUT2D eigenvalue weighted by molar-refractivity contribution is 14.1. The third-order valence-corrected chi connectivity index (χ3v) is 3.85. The maximum atomic E-state index is 13.0. The first-order valence-electron chi connectivity index (χ1n) is 5.57. The van der Waals surface area contributed by atoms with Crippen molar-refractivity contribution in [2.45, 2.75) is 18.9 Å². The SMILES string of the molecule is CNC1CCCN(c2ccc(F)cc2I)C1=O. The monoisotopic (exact) mass is 348 g/mol. The maximum absolute atomic E-state index is 13.0. The number of hydrogen-bond acceptors (Lipinski definition) is 2. The average Bonchev–Trinajstić information content (AvgIpc) is 2.30. The Bertz CT molecular complexity index is 439. The molecule has 1 aliphatic heterocycles. The zero-order chi connectivity index (χ0) is 12.4. The quantitative estimate of drug-likeness (QED) is 0.831. The van der Waals surface area contributed by atoms with Crippen molar-refractivity contribution >= 4 is 34.2 Å². The van der Waals surface area contributed by atoms with Gasteiger partial charge in [-0.05, 0) is 60.7 Å². The predicted octanol–water partition coefficient (Wildman–Crippen LogP) is 2.15. The van der Waals surface area contributed by atoms with E-state index >= 15 is 0 Å². The van der Waals surface area contributed by atoms with Gasteiger partial charge >= 0.3 is 0 Å². The standard InChI is InChI=1S/C12H14FIN2O/c1-15-10-3-2-6-16(12(10)17)11-5-4-8(13)7-9(11)14/h4-5,7,10,15H,2-3,6H2,1H3. The highest BCUT2D eigenvalue weighted by Crippen LogP contribution is 2.26. The number of anilines is 1. The van der Waals surface area contributed by atoms with Crippen LogP contribution in [0.15, 0.2) is 18.2 Å². The number of rotatable bonds is 2. The molecule has 1 atom stereocenters. The second-order valence-corrected chi connectivity index (χ2v) is 5.23. The van der Waals surface area contributed by atoms with Crippen LogP contribution in [0.3, 0.4) is 0 Å². The van der Waals surface area contributed by atoms with Gasteiger partial charge in [-0.1, -0.05) is 0 Å². The summed E-state index contributed by atoms with van der Waals surface area (Å²) in [4.78, 5) is 13.9. The summed E-state index contributed by atoms with van der Waals surface area (Å²) in [6.07, 6.45) is 1.83. The number of halogens is 2. The number of likely N-dealkylation sites (N-methyl/N-ethyl adjacent to an activating group) is 1. The number of carbonyl (C=O) groups excluding carboxylic acids is 1. The summed E-state index contributed by atoms with van der Waals surface area (Å²) in [6.45, 7) is 0.707. The Morgan fingerprint density at radius 1 is 1.53 bits per heavy atom. The summed E-state index contributed by atoms with van der Waals surface area (Å²) in [7, 11) is 1.79. The third-order valence-electron chi connectivity index (χ3n) is 2.99. The number of nitrogens with one attached hydrogen (secondary N) is 1. The van der Waals surface area contributed by atoms with Crippen molar-refractivity contribution in [3.8, 4) is 0 Å². The lowest BCUT2D eigenvalue weighted by Gasteiger charge is -2.32. The Labute approximate surface area is 114 Å². The second kappa shape index (κ2) is 5.30. The van der Waals surface area contributed by atoms with E-state index in [1.807, 2.05) is 0 Å². The van der Waals surface area contributed by atoms with Gasteiger partial charge in [-0.15, -0.1) is 0 Å². The third kappa shape index (κ3) is 2.60. The lowest BCUT2D eigenvalue weighted by Crippen LogP contribution is -2.50. The number of benzene rings is 1. The summed E-state index contributed by atoms with van der Waals surface area (Å²) < 4.78 is 13.8. The summed E-state index contributed by atoms with van der Waals surface area (Å²) >= 11 is 2.06. The Morgan fingerprint density at radius 2 is 2.29 bits per heavy atom. The highest BCUT2D eigenvalue weighted by Gasteiger charge is 2.29. The summed E-state index contributed by atoms with van der Waals surface area (Å²) in [5.74, 6) is -0.198. The van der Waals surface area contributed by atoms with Gasteiger partial charge in [-0.2, -0.15) is 0 Å². The Hall–Kier alpha value is -0.690. The van der Waals surface area contributed by atoms with Gasteiger partial charge < -0.3 is 10.2 Å². The van der Waals surface area contributed by atoms with E-state index in [9.17, 15) is 9.18 Å². The smallest absolute Gasteiger partial charge is 0.244 e. The molecule has 1 aliphatic rings. The van der Waals surface area contributed by atoms with Gasteiger partial charge in [-0.3, -0.25) is 4.79 Å². The van der Waals surface area contributed by atoms with Gasteiger partial charge in [0.15, 0.2) is 0 Å². The Balaban J connectivity index is 2.29. The number of amides is 1. The van der Waals surface area contributed by atoms with E-state index < -0.39 is 0 Å². The van der Waals surface area contributed by atoms with Crippen LogP contribution in [0.4, 0.5) is 10.1 Å². The van der Waals surface area contributed by atoms with Crippen molar-refractivity contribution in [2.75, 3.05) is 18.5 Å². The van der Waals surface area contributed by atoms with Crippen molar-refractivity contribution in [1.82, 2.24) is 5.32 Å². The van der Waals surface area contributed by atoms with Gasteiger partial charge in [0.05, 0.1) is 11.7 Å². The lowest BCUT2D eigenvalue weighted by atomic mass is 10.0. The average molecular weight is 348 g/mol. The molecular formula is C12H14FIN2O. The molecule has 1 aromatic carbocycles. The molecular weight excluding hydrogens is 334 g/mol. The van der Waals surface area contributed by atoms with E-state index in [-0.39, 0.29) is 17.8 Å². The molecule has 92 valence electrons. The topological polar surface area (TPSA) is 32.3 Å². The number of piperidine rings is 1. The molecule has 5 heteroatoms. The summed E-state index contributed by atoms with van der Waals surface area (Å²) in [5, 5.41) is 3.02. The van der Waals surface area contributed by atoms with Crippen molar-refractivity contribution < 1.29 is 9.18 Å². The molecule has 0 aromatic heterocycles. The molecule has 1 aromatic rings. The fraction of sp³-hybridized carbons (Fsp3) is 0.417. The predicted molar refractivity (Wildman–Crippen MR) is 73.6 cm³/mol.